The van der Waals surface area contributed by atoms with Gasteiger partial charge in [-0.25, -0.2) is 19.7 Å². The Labute approximate surface area is 209 Å². The van der Waals surface area contributed by atoms with Gasteiger partial charge in [-0.05, 0) is 75.0 Å². The summed E-state index contributed by atoms with van der Waals surface area (Å²) in [5, 5.41) is 10.1. The molecular weight excluding hydrogens is 462 g/mol. The number of ether oxygens (including phenoxy) is 3. The van der Waals surface area contributed by atoms with E-state index in [2.05, 4.69) is 20.9 Å². The van der Waals surface area contributed by atoms with E-state index in [4.69, 9.17) is 26.4 Å². The molecule has 4 bridgehead atoms. The van der Waals surface area contributed by atoms with Crippen molar-refractivity contribution in [1.29, 1.82) is 0 Å². The summed E-state index contributed by atoms with van der Waals surface area (Å²) in [5.41, 5.74) is 5.71. The van der Waals surface area contributed by atoms with Crippen molar-refractivity contribution in [3.05, 3.63) is 12.2 Å². The molecule has 0 spiro atoms. The molecule has 2 aromatic heterocycles. The summed E-state index contributed by atoms with van der Waals surface area (Å²) in [7, 11) is 0. The monoisotopic (exact) mass is 495 g/mol. The number of hydrogen-bond acceptors (Lipinski definition) is 9. The standard InChI is InChI=1S/C26H33N5O5/c1-3-26(13-32)19(9-20(36-26)31-14-28-21-22(27)29-15(2)30-23(21)31)35-24(33)34-5-4-25-10-16-6-17(11-25)8-18(7-16)12-25/h1,14,16-20,32H,4-13H2,2H3,(H2,27,29,30)/t16?,17?,18?,19-,20+,25?,26+/m0/s1. The first kappa shape index (κ1) is 23.5. The molecule has 1 saturated heterocycles. The quantitative estimate of drug-likeness (QED) is 0.458. The number of imidazole rings is 1. The van der Waals surface area contributed by atoms with Crippen molar-refractivity contribution in [3.8, 4) is 12.3 Å². The average Bonchev–Trinajstić information content (AvgIpc) is 3.40. The van der Waals surface area contributed by atoms with Crippen LogP contribution >= 0.6 is 0 Å². The van der Waals surface area contributed by atoms with Gasteiger partial charge < -0.3 is 25.1 Å². The zero-order chi connectivity index (χ0) is 25.1. The van der Waals surface area contributed by atoms with Gasteiger partial charge in [-0.3, -0.25) is 4.57 Å². The van der Waals surface area contributed by atoms with Gasteiger partial charge in [-0.2, -0.15) is 0 Å². The van der Waals surface area contributed by atoms with Crippen LogP contribution in [0.25, 0.3) is 11.2 Å². The molecule has 3 heterocycles. The van der Waals surface area contributed by atoms with Crippen LogP contribution < -0.4 is 5.73 Å². The summed E-state index contributed by atoms with van der Waals surface area (Å²) in [6.07, 6.45) is 13.9. The molecule has 3 atom stereocenters. The summed E-state index contributed by atoms with van der Waals surface area (Å²) < 4.78 is 18.9. The first-order valence-corrected chi connectivity index (χ1v) is 12.9. The number of nitrogen functional groups attached to an aromatic ring is 1. The Kier molecular flexibility index (Phi) is 5.61. The number of rotatable bonds is 6. The van der Waals surface area contributed by atoms with E-state index in [1.54, 1.807) is 11.5 Å². The molecule has 0 aromatic carbocycles. The molecule has 0 unspecified atom stereocenters. The normalized spacial score (nSPS) is 36.8. The maximum absolute atomic E-state index is 12.7. The van der Waals surface area contributed by atoms with Crippen molar-refractivity contribution < 1.29 is 24.1 Å². The smallest absolute Gasteiger partial charge is 0.434 e. The second-order valence-corrected chi connectivity index (χ2v) is 11.4. The minimum Gasteiger partial charge on any atom is -0.434 e. The Morgan fingerprint density at radius 2 is 1.94 bits per heavy atom. The average molecular weight is 496 g/mol. The van der Waals surface area contributed by atoms with Crippen LogP contribution in [0.2, 0.25) is 0 Å². The maximum atomic E-state index is 12.7. The third-order valence-corrected chi connectivity index (χ3v) is 8.89. The number of fused-ring (bicyclic) bond motifs is 1. The summed E-state index contributed by atoms with van der Waals surface area (Å²) >= 11 is 0. The van der Waals surface area contributed by atoms with E-state index < -0.39 is 30.7 Å². The van der Waals surface area contributed by atoms with Crippen molar-refractivity contribution in [1.82, 2.24) is 19.5 Å². The fourth-order valence-electron chi connectivity index (χ4n) is 7.73. The molecule has 10 nitrogen and oxygen atoms in total. The second kappa shape index (κ2) is 8.60. The van der Waals surface area contributed by atoms with Gasteiger partial charge in [0.15, 0.2) is 23.2 Å². The number of nitrogens with two attached hydrogens (primary N) is 1. The number of aryl methyl sites for hydroxylation is 1. The largest absolute Gasteiger partial charge is 0.508 e. The molecular formula is C26H33N5O5. The third-order valence-electron chi connectivity index (χ3n) is 8.89. The second-order valence-electron chi connectivity index (χ2n) is 11.4. The van der Waals surface area contributed by atoms with E-state index in [1.165, 1.54) is 44.9 Å². The highest BCUT2D eigenvalue weighted by Gasteiger charge is 2.52. The number of aromatic nitrogens is 4. The predicted octanol–water partition coefficient (Wildman–Crippen LogP) is 3.13. The van der Waals surface area contributed by atoms with Crippen molar-refractivity contribution in [2.24, 2.45) is 23.2 Å². The first-order chi connectivity index (χ1) is 17.3. The molecule has 10 heteroatoms. The number of hydrogen-bond donors (Lipinski definition) is 2. The summed E-state index contributed by atoms with van der Waals surface area (Å²) in [6.45, 7) is 1.53. The van der Waals surface area contributed by atoms with Crippen LogP contribution in [0, 0.1) is 42.4 Å². The van der Waals surface area contributed by atoms with E-state index in [9.17, 15) is 9.90 Å². The van der Waals surface area contributed by atoms with Gasteiger partial charge in [0.05, 0.1) is 19.5 Å². The molecule has 192 valence electrons. The van der Waals surface area contributed by atoms with Gasteiger partial charge in [-0.15, -0.1) is 6.42 Å². The van der Waals surface area contributed by atoms with Gasteiger partial charge in [0.2, 0.25) is 0 Å². The van der Waals surface area contributed by atoms with E-state index in [-0.39, 0.29) is 12.2 Å². The van der Waals surface area contributed by atoms with Crippen LogP contribution in [0.5, 0.6) is 0 Å². The molecule has 0 radical (unpaired) electrons. The Balaban J connectivity index is 1.12. The Morgan fingerprint density at radius 1 is 1.25 bits per heavy atom. The molecule has 2 aromatic rings. The number of carbonyl (C=O) groups excluding carboxylic acids is 1. The predicted molar refractivity (Wildman–Crippen MR) is 129 cm³/mol. The number of carbonyl (C=O) groups is 1. The van der Waals surface area contributed by atoms with Gasteiger partial charge in [0.1, 0.15) is 17.6 Å². The number of terminal acetylenes is 1. The molecule has 1 aliphatic heterocycles. The number of nitrogens with zero attached hydrogens (tertiary/aromatic N) is 4. The van der Waals surface area contributed by atoms with Crippen molar-refractivity contribution in [2.75, 3.05) is 18.9 Å². The fraction of sp³-hybridized carbons (Fsp3) is 0.692. The van der Waals surface area contributed by atoms with Crippen LogP contribution in [0.15, 0.2) is 6.33 Å². The fourth-order valence-corrected chi connectivity index (χ4v) is 7.73. The van der Waals surface area contributed by atoms with E-state index in [0.29, 0.717) is 29.0 Å². The first-order valence-electron chi connectivity index (χ1n) is 12.9. The van der Waals surface area contributed by atoms with Crippen LogP contribution in [0.4, 0.5) is 10.6 Å². The van der Waals surface area contributed by atoms with Gasteiger partial charge >= 0.3 is 6.16 Å². The van der Waals surface area contributed by atoms with E-state index in [1.807, 2.05) is 0 Å². The molecule has 36 heavy (non-hydrogen) atoms. The van der Waals surface area contributed by atoms with Crippen molar-refractivity contribution >= 4 is 23.1 Å². The minimum atomic E-state index is -1.51. The summed E-state index contributed by atoms with van der Waals surface area (Å²) in [6, 6.07) is 0. The summed E-state index contributed by atoms with van der Waals surface area (Å²) in [4.78, 5) is 25.5. The highest BCUT2D eigenvalue weighted by Crippen LogP contribution is 2.61. The minimum absolute atomic E-state index is 0.198. The Bertz CT molecular complexity index is 1190. The number of aliphatic hydroxyl groups is 1. The lowest BCUT2D eigenvalue weighted by Gasteiger charge is -2.57. The lowest BCUT2D eigenvalue weighted by molar-refractivity contribution is -0.100. The van der Waals surface area contributed by atoms with Crippen LogP contribution in [-0.2, 0) is 14.2 Å². The lowest BCUT2D eigenvalue weighted by Crippen LogP contribution is -2.46. The lowest BCUT2D eigenvalue weighted by atomic mass is 9.49. The zero-order valence-electron chi connectivity index (χ0n) is 20.6. The molecule has 5 aliphatic rings. The highest BCUT2D eigenvalue weighted by molar-refractivity contribution is 5.81. The Morgan fingerprint density at radius 3 is 2.58 bits per heavy atom. The van der Waals surface area contributed by atoms with Crippen molar-refractivity contribution in [2.45, 2.75) is 76.2 Å². The SMILES string of the molecule is C#C[C@]1(CO)O[C@@H](n2cnc3c(N)nc(C)nc32)C[C@@H]1OC(=O)OCCC12CC3CC(CC(C3)C1)C2. The summed E-state index contributed by atoms with van der Waals surface area (Å²) in [5.74, 6) is 5.78. The van der Waals surface area contributed by atoms with Gasteiger partial charge in [0, 0.05) is 6.42 Å². The third kappa shape index (κ3) is 3.89. The molecule has 7 rings (SSSR count). The highest BCUT2D eigenvalue weighted by atomic mass is 16.7. The number of aliphatic hydroxyl groups excluding tert-OH is 1. The van der Waals surface area contributed by atoms with Gasteiger partial charge in [-0.1, -0.05) is 5.92 Å². The molecule has 0 amide bonds. The van der Waals surface area contributed by atoms with E-state index in [0.717, 1.165) is 24.2 Å². The van der Waals surface area contributed by atoms with Crippen LogP contribution in [0.3, 0.4) is 0 Å². The zero-order valence-corrected chi connectivity index (χ0v) is 20.6. The maximum Gasteiger partial charge on any atom is 0.508 e. The molecule has 3 N–H and O–H groups in total. The topological polar surface area (TPSA) is 135 Å². The van der Waals surface area contributed by atoms with Gasteiger partial charge in [0.25, 0.3) is 0 Å². The number of anilines is 1. The van der Waals surface area contributed by atoms with Crippen molar-refractivity contribution in [3.63, 3.8) is 0 Å². The van der Waals surface area contributed by atoms with Crippen LogP contribution in [-0.4, -0.2) is 55.7 Å². The molecule has 4 aliphatic carbocycles. The Hall–Kier alpha value is -2.90. The van der Waals surface area contributed by atoms with Crippen LogP contribution in [0.1, 0.15) is 63.4 Å². The van der Waals surface area contributed by atoms with E-state index >= 15 is 0 Å². The molecule has 4 saturated carbocycles. The molecule has 5 fully saturated rings.